The molecule has 0 radical (unpaired) electrons. The molecule has 0 unspecified atom stereocenters. The zero-order valence-electron chi connectivity index (χ0n) is 7.67. The van der Waals surface area contributed by atoms with Crippen molar-refractivity contribution in [1.82, 2.24) is 9.97 Å². The third-order valence-corrected chi connectivity index (χ3v) is 2.10. The second-order valence-electron chi connectivity index (χ2n) is 3.15. The smallest absolute Gasteiger partial charge is 0.111 e. The molecule has 0 aliphatic carbocycles. The summed E-state index contributed by atoms with van der Waals surface area (Å²) < 4.78 is 0. The maximum atomic E-state index is 4.48. The molecule has 2 rings (SSSR count). The number of imidazole rings is 1. The summed E-state index contributed by atoms with van der Waals surface area (Å²) in [5.41, 5.74) is 3.39. The summed E-state index contributed by atoms with van der Waals surface area (Å²) in [6, 6.07) is 6.15. The first kappa shape index (κ1) is 8.05. The van der Waals surface area contributed by atoms with Gasteiger partial charge in [0, 0.05) is 6.42 Å². The zero-order valence-corrected chi connectivity index (χ0v) is 7.67. The lowest BCUT2D eigenvalue weighted by molar-refractivity contribution is 1.07. The van der Waals surface area contributed by atoms with Crippen LogP contribution < -0.4 is 0 Å². The highest BCUT2D eigenvalue weighted by molar-refractivity contribution is 5.78. The van der Waals surface area contributed by atoms with Crippen LogP contribution in [0.25, 0.3) is 11.0 Å². The Kier molecular flexibility index (Phi) is 1.89. The van der Waals surface area contributed by atoms with Gasteiger partial charge in [-0.2, -0.15) is 0 Å². The van der Waals surface area contributed by atoms with E-state index in [2.05, 4.69) is 29.5 Å². The number of aryl methyl sites for hydroxylation is 1. The molecule has 0 amide bonds. The summed E-state index contributed by atoms with van der Waals surface area (Å²) in [5, 5.41) is 0. The Morgan fingerprint density at radius 1 is 1.54 bits per heavy atom. The number of nitrogens with zero attached hydrogens (tertiary/aromatic N) is 1. The number of fused-ring (bicyclic) bond motifs is 1. The van der Waals surface area contributed by atoms with Crippen molar-refractivity contribution in [3.05, 3.63) is 42.2 Å². The van der Waals surface area contributed by atoms with Crippen LogP contribution in [-0.4, -0.2) is 9.97 Å². The van der Waals surface area contributed by atoms with Gasteiger partial charge in [-0.1, -0.05) is 18.2 Å². The molecule has 2 nitrogen and oxygen atoms in total. The third-order valence-electron chi connectivity index (χ3n) is 2.10. The molecule has 0 saturated heterocycles. The van der Waals surface area contributed by atoms with Crippen molar-refractivity contribution >= 4 is 11.0 Å². The number of allylic oxidation sites excluding steroid dienone is 1. The molecule has 0 fully saturated rings. The van der Waals surface area contributed by atoms with E-state index < -0.39 is 0 Å². The molecule has 66 valence electrons. The van der Waals surface area contributed by atoms with Crippen LogP contribution in [0.3, 0.4) is 0 Å². The minimum atomic E-state index is 0.800. The number of rotatable bonds is 2. The second kappa shape index (κ2) is 3.05. The highest BCUT2D eigenvalue weighted by Gasteiger charge is 2.02. The number of benzene rings is 1. The van der Waals surface area contributed by atoms with Gasteiger partial charge >= 0.3 is 0 Å². The molecule has 0 spiro atoms. The van der Waals surface area contributed by atoms with Crippen molar-refractivity contribution in [3.63, 3.8) is 0 Å². The summed E-state index contributed by atoms with van der Waals surface area (Å²) in [7, 11) is 0. The van der Waals surface area contributed by atoms with Crippen LogP contribution in [0.5, 0.6) is 0 Å². The molecule has 2 aromatic rings. The van der Waals surface area contributed by atoms with Crippen LogP contribution in [0, 0.1) is 6.92 Å². The number of aromatic amines is 1. The van der Waals surface area contributed by atoms with Gasteiger partial charge in [0.15, 0.2) is 0 Å². The van der Waals surface area contributed by atoms with Gasteiger partial charge in [-0.25, -0.2) is 4.98 Å². The average molecular weight is 172 g/mol. The normalized spacial score (nSPS) is 10.5. The van der Waals surface area contributed by atoms with Gasteiger partial charge in [-0.3, -0.25) is 0 Å². The van der Waals surface area contributed by atoms with E-state index in [9.17, 15) is 0 Å². The minimum absolute atomic E-state index is 0.800. The van der Waals surface area contributed by atoms with Crippen LogP contribution in [-0.2, 0) is 6.42 Å². The van der Waals surface area contributed by atoms with Crippen molar-refractivity contribution in [2.45, 2.75) is 13.3 Å². The lowest BCUT2D eigenvalue weighted by Crippen LogP contribution is -1.81. The van der Waals surface area contributed by atoms with E-state index in [1.54, 1.807) is 0 Å². The molecule has 1 aromatic heterocycles. The number of H-pyrrole nitrogens is 1. The van der Waals surface area contributed by atoms with Crippen LogP contribution in [0.2, 0.25) is 0 Å². The van der Waals surface area contributed by atoms with Crippen molar-refractivity contribution in [2.75, 3.05) is 0 Å². The van der Waals surface area contributed by atoms with Gasteiger partial charge in [-0.15, -0.1) is 6.58 Å². The molecule has 0 bridgehead atoms. The Hall–Kier alpha value is -1.57. The minimum Gasteiger partial charge on any atom is -0.342 e. The average Bonchev–Trinajstić information content (AvgIpc) is 2.49. The quantitative estimate of drug-likeness (QED) is 0.693. The van der Waals surface area contributed by atoms with E-state index in [0.29, 0.717) is 0 Å². The SMILES string of the molecule is C=CCc1nc2c(C)cccc2[nH]1. The molecule has 0 atom stereocenters. The fourth-order valence-electron chi connectivity index (χ4n) is 1.46. The molecule has 0 aliphatic rings. The number of para-hydroxylation sites is 1. The molecule has 2 heteroatoms. The van der Waals surface area contributed by atoms with E-state index in [4.69, 9.17) is 0 Å². The van der Waals surface area contributed by atoms with E-state index in [0.717, 1.165) is 23.3 Å². The Labute approximate surface area is 77.3 Å². The van der Waals surface area contributed by atoms with Crippen LogP contribution in [0.1, 0.15) is 11.4 Å². The van der Waals surface area contributed by atoms with Gasteiger partial charge in [-0.05, 0) is 18.6 Å². The summed E-state index contributed by atoms with van der Waals surface area (Å²) in [5.74, 6) is 0.985. The molecule has 1 heterocycles. The molecule has 0 aliphatic heterocycles. The zero-order chi connectivity index (χ0) is 9.26. The van der Waals surface area contributed by atoms with Crippen LogP contribution >= 0.6 is 0 Å². The summed E-state index contributed by atoms with van der Waals surface area (Å²) in [4.78, 5) is 7.73. The van der Waals surface area contributed by atoms with Gasteiger partial charge in [0.1, 0.15) is 5.82 Å². The fourth-order valence-corrected chi connectivity index (χ4v) is 1.46. The Morgan fingerprint density at radius 2 is 2.38 bits per heavy atom. The molecule has 1 aromatic carbocycles. The number of hydrogen-bond acceptors (Lipinski definition) is 1. The summed E-state index contributed by atoms with van der Waals surface area (Å²) in [6.45, 7) is 5.76. The predicted molar refractivity (Wildman–Crippen MR) is 54.7 cm³/mol. The Balaban J connectivity index is 2.61. The Bertz CT molecular complexity index is 440. The highest BCUT2D eigenvalue weighted by Crippen LogP contribution is 2.15. The van der Waals surface area contributed by atoms with Crippen molar-refractivity contribution in [3.8, 4) is 0 Å². The standard InChI is InChI=1S/C11H12N2/c1-3-5-10-12-9-7-4-6-8(2)11(9)13-10/h3-4,6-7H,1,5H2,2H3,(H,12,13). The number of hydrogen-bond donors (Lipinski definition) is 1. The van der Waals surface area contributed by atoms with Crippen LogP contribution in [0.15, 0.2) is 30.9 Å². The van der Waals surface area contributed by atoms with Crippen LogP contribution in [0.4, 0.5) is 0 Å². The van der Waals surface area contributed by atoms with E-state index in [-0.39, 0.29) is 0 Å². The molecule has 1 N–H and O–H groups in total. The predicted octanol–water partition coefficient (Wildman–Crippen LogP) is 2.60. The monoisotopic (exact) mass is 172 g/mol. The first-order chi connectivity index (χ1) is 6.31. The lowest BCUT2D eigenvalue weighted by atomic mass is 10.2. The van der Waals surface area contributed by atoms with Gasteiger partial charge in [0.25, 0.3) is 0 Å². The van der Waals surface area contributed by atoms with Crippen molar-refractivity contribution in [1.29, 1.82) is 0 Å². The molecular formula is C11H12N2. The van der Waals surface area contributed by atoms with Crippen molar-refractivity contribution in [2.24, 2.45) is 0 Å². The van der Waals surface area contributed by atoms with Gasteiger partial charge in [0.2, 0.25) is 0 Å². The van der Waals surface area contributed by atoms with Crippen molar-refractivity contribution < 1.29 is 0 Å². The second-order valence-corrected chi connectivity index (χ2v) is 3.15. The maximum Gasteiger partial charge on any atom is 0.111 e. The summed E-state index contributed by atoms with van der Waals surface area (Å²) in [6.07, 6.45) is 2.65. The largest absolute Gasteiger partial charge is 0.342 e. The first-order valence-corrected chi connectivity index (χ1v) is 4.36. The summed E-state index contributed by atoms with van der Waals surface area (Å²) >= 11 is 0. The van der Waals surface area contributed by atoms with Gasteiger partial charge in [0.05, 0.1) is 11.0 Å². The lowest BCUT2D eigenvalue weighted by Gasteiger charge is -1.90. The third kappa shape index (κ3) is 1.35. The fraction of sp³-hybridized carbons (Fsp3) is 0.182. The first-order valence-electron chi connectivity index (χ1n) is 4.36. The maximum absolute atomic E-state index is 4.48. The topological polar surface area (TPSA) is 28.7 Å². The highest BCUT2D eigenvalue weighted by atomic mass is 14.9. The van der Waals surface area contributed by atoms with Gasteiger partial charge < -0.3 is 4.98 Å². The Morgan fingerprint density at radius 3 is 3.08 bits per heavy atom. The number of aromatic nitrogens is 2. The van der Waals surface area contributed by atoms with E-state index >= 15 is 0 Å². The van der Waals surface area contributed by atoms with E-state index in [1.165, 1.54) is 5.56 Å². The molecular weight excluding hydrogens is 160 g/mol. The molecule has 0 saturated carbocycles. The molecule has 13 heavy (non-hydrogen) atoms. The number of nitrogens with one attached hydrogen (secondary N) is 1. The van der Waals surface area contributed by atoms with E-state index in [1.807, 2.05) is 18.2 Å².